The molecule has 0 atom stereocenters. The summed E-state index contributed by atoms with van der Waals surface area (Å²) in [5.74, 6) is 1.29. The van der Waals surface area contributed by atoms with E-state index in [2.05, 4.69) is 5.32 Å². The molecule has 0 saturated carbocycles. The number of anilines is 1. The fourth-order valence-corrected chi connectivity index (χ4v) is 5.58. The van der Waals surface area contributed by atoms with Crippen molar-refractivity contribution < 1.29 is 27.4 Å². The monoisotopic (exact) mass is 480 g/mol. The summed E-state index contributed by atoms with van der Waals surface area (Å²) in [6.45, 7) is 3.75. The van der Waals surface area contributed by atoms with E-state index in [-0.39, 0.29) is 34.8 Å². The molecule has 1 fully saturated rings. The lowest BCUT2D eigenvalue weighted by Gasteiger charge is -2.30. The normalized spacial score (nSPS) is 17.1. The number of ether oxygens (including phenoxy) is 3. The summed E-state index contributed by atoms with van der Waals surface area (Å²) in [7, 11) is -3.70. The third kappa shape index (κ3) is 4.79. The van der Waals surface area contributed by atoms with E-state index in [0.29, 0.717) is 55.6 Å². The molecule has 0 radical (unpaired) electrons. The first-order valence-corrected chi connectivity index (χ1v) is 12.3. The Morgan fingerprint density at radius 3 is 2.53 bits per heavy atom. The highest BCUT2D eigenvalue weighted by Gasteiger charge is 2.32. The highest BCUT2D eigenvalue weighted by molar-refractivity contribution is 7.89. The first kappa shape index (κ1) is 22.7. The maximum Gasteiger partial charge on any atom is 0.243 e. The molecular weight excluding hydrogens is 456 g/mol. The number of amides is 1. The van der Waals surface area contributed by atoms with Crippen molar-refractivity contribution >= 4 is 33.2 Å². The zero-order chi connectivity index (χ0) is 22.7. The quantitative estimate of drug-likeness (QED) is 0.679. The molecule has 1 saturated heterocycles. The topological polar surface area (TPSA) is 94.2 Å². The van der Waals surface area contributed by atoms with Gasteiger partial charge in [0, 0.05) is 30.8 Å². The standard InChI is InChI=1S/C22H25ClN2O6S/c1-2-29-19-6-4-17(14-18(19)23)32(27,28)25-9-7-15(8-10-25)22(26)24-16-3-5-20-21(13-16)31-12-11-30-20/h3-6,13-15H,2,7-12H2,1H3,(H,24,26). The minimum atomic E-state index is -3.70. The van der Waals surface area contributed by atoms with Gasteiger partial charge in [0.25, 0.3) is 0 Å². The summed E-state index contributed by atoms with van der Waals surface area (Å²) in [4.78, 5) is 12.8. The first-order chi connectivity index (χ1) is 15.4. The summed E-state index contributed by atoms with van der Waals surface area (Å²) in [6, 6.07) is 9.73. The number of rotatable bonds is 6. The van der Waals surface area contributed by atoms with Gasteiger partial charge in [-0.1, -0.05) is 11.6 Å². The van der Waals surface area contributed by atoms with Gasteiger partial charge in [0.2, 0.25) is 15.9 Å². The molecule has 0 bridgehead atoms. The minimum absolute atomic E-state index is 0.116. The lowest BCUT2D eigenvalue weighted by molar-refractivity contribution is -0.120. The maximum atomic E-state index is 13.0. The number of sulfonamides is 1. The molecule has 2 aliphatic rings. The van der Waals surface area contributed by atoms with E-state index >= 15 is 0 Å². The Labute approximate surface area is 192 Å². The number of hydrogen-bond donors (Lipinski definition) is 1. The van der Waals surface area contributed by atoms with Crippen molar-refractivity contribution in [2.45, 2.75) is 24.7 Å². The zero-order valence-corrected chi connectivity index (χ0v) is 19.2. The van der Waals surface area contributed by atoms with E-state index < -0.39 is 10.0 Å². The van der Waals surface area contributed by atoms with Crippen LogP contribution in [0.2, 0.25) is 5.02 Å². The number of piperidine rings is 1. The van der Waals surface area contributed by atoms with Gasteiger partial charge in [0.15, 0.2) is 11.5 Å². The zero-order valence-electron chi connectivity index (χ0n) is 17.7. The lowest BCUT2D eigenvalue weighted by Crippen LogP contribution is -2.41. The molecule has 2 heterocycles. The van der Waals surface area contributed by atoms with Crippen molar-refractivity contribution in [3.8, 4) is 17.2 Å². The van der Waals surface area contributed by atoms with Crippen molar-refractivity contribution in [1.29, 1.82) is 0 Å². The molecule has 32 heavy (non-hydrogen) atoms. The number of hydrogen-bond acceptors (Lipinski definition) is 6. The fraction of sp³-hybridized carbons (Fsp3) is 0.409. The van der Waals surface area contributed by atoms with E-state index in [0.717, 1.165) is 0 Å². The van der Waals surface area contributed by atoms with Gasteiger partial charge in [-0.25, -0.2) is 8.42 Å². The molecule has 1 N–H and O–H groups in total. The summed E-state index contributed by atoms with van der Waals surface area (Å²) >= 11 is 6.16. The highest BCUT2D eigenvalue weighted by atomic mass is 35.5. The van der Waals surface area contributed by atoms with Crippen molar-refractivity contribution in [2.24, 2.45) is 5.92 Å². The van der Waals surface area contributed by atoms with E-state index in [9.17, 15) is 13.2 Å². The van der Waals surface area contributed by atoms with Crippen LogP contribution >= 0.6 is 11.6 Å². The predicted molar refractivity (Wildman–Crippen MR) is 120 cm³/mol. The lowest BCUT2D eigenvalue weighted by atomic mass is 9.97. The molecule has 2 aromatic carbocycles. The van der Waals surface area contributed by atoms with E-state index in [4.69, 9.17) is 25.8 Å². The molecule has 8 nitrogen and oxygen atoms in total. The van der Waals surface area contributed by atoms with Gasteiger partial charge >= 0.3 is 0 Å². The Hall–Kier alpha value is -2.49. The molecule has 172 valence electrons. The molecule has 2 aliphatic heterocycles. The van der Waals surface area contributed by atoms with Crippen molar-refractivity contribution in [3.05, 3.63) is 41.4 Å². The van der Waals surface area contributed by atoms with Gasteiger partial charge in [-0.15, -0.1) is 0 Å². The number of halogens is 1. The molecule has 0 spiro atoms. The van der Waals surface area contributed by atoms with Crippen LogP contribution in [-0.4, -0.2) is 51.5 Å². The second-order valence-corrected chi connectivity index (χ2v) is 9.90. The van der Waals surface area contributed by atoms with Crippen LogP contribution in [0.4, 0.5) is 5.69 Å². The van der Waals surface area contributed by atoms with Crippen LogP contribution < -0.4 is 19.5 Å². The Balaban J connectivity index is 1.37. The SMILES string of the molecule is CCOc1ccc(S(=O)(=O)N2CCC(C(=O)Nc3ccc4c(c3)OCCO4)CC2)cc1Cl. The molecule has 0 unspecified atom stereocenters. The van der Waals surface area contributed by atoms with Crippen LogP contribution in [0.25, 0.3) is 0 Å². The molecule has 1 amide bonds. The fourth-order valence-electron chi connectivity index (χ4n) is 3.79. The van der Waals surface area contributed by atoms with E-state index in [1.54, 1.807) is 24.3 Å². The van der Waals surface area contributed by atoms with E-state index in [1.807, 2.05) is 6.92 Å². The Kier molecular flexibility index (Phi) is 6.78. The third-order valence-corrected chi connectivity index (χ3v) is 7.67. The molecule has 10 heteroatoms. The molecular formula is C22H25ClN2O6S. The number of nitrogens with one attached hydrogen (secondary N) is 1. The van der Waals surface area contributed by atoms with Gasteiger partial charge in [-0.2, -0.15) is 4.31 Å². The van der Waals surface area contributed by atoms with Crippen LogP contribution in [0.15, 0.2) is 41.3 Å². The number of fused-ring (bicyclic) bond motifs is 1. The van der Waals surface area contributed by atoms with Crippen LogP contribution in [-0.2, 0) is 14.8 Å². The van der Waals surface area contributed by atoms with Gasteiger partial charge in [-0.05, 0) is 50.1 Å². The van der Waals surface area contributed by atoms with Crippen LogP contribution in [0.5, 0.6) is 17.2 Å². The van der Waals surface area contributed by atoms with Crippen LogP contribution in [0.1, 0.15) is 19.8 Å². The Morgan fingerprint density at radius 1 is 1.12 bits per heavy atom. The minimum Gasteiger partial charge on any atom is -0.492 e. The summed E-state index contributed by atoms with van der Waals surface area (Å²) < 4.78 is 43.8. The van der Waals surface area contributed by atoms with Crippen molar-refractivity contribution in [2.75, 3.05) is 38.2 Å². The van der Waals surface area contributed by atoms with Crippen molar-refractivity contribution in [1.82, 2.24) is 4.31 Å². The number of carbonyl (C=O) groups is 1. The van der Waals surface area contributed by atoms with Gasteiger partial charge < -0.3 is 19.5 Å². The molecule has 4 rings (SSSR count). The van der Waals surface area contributed by atoms with Crippen LogP contribution in [0.3, 0.4) is 0 Å². The van der Waals surface area contributed by atoms with Crippen molar-refractivity contribution in [3.63, 3.8) is 0 Å². The number of carbonyl (C=O) groups excluding carboxylic acids is 1. The third-order valence-electron chi connectivity index (χ3n) is 5.48. The number of nitrogens with zero attached hydrogens (tertiary/aromatic N) is 1. The molecule has 0 aliphatic carbocycles. The second kappa shape index (κ2) is 9.56. The van der Waals surface area contributed by atoms with Gasteiger partial charge in [0.1, 0.15) is 19.0 Å². The van der Waals surface area contributed by atoms with Gasteiger partial charge in [-0.3, -0.25) is 4.79 Å². The largest absolute Gasteiger partial charge is 0.492 e. The highest BCUT2D eigenvalue weighted by Crippen LogP contribution is 2.34. The first-order valence-electron chi connectivity index (χ1n) is 10.5. The van der Waals surface area contributed by atoms with Crippen LogP contribution in [0, 0.1) is 5.92 Å². The molecule has 0 aromatic heterocycles. The Morgan fingerprint density at radius 2 is 1.84 bits per heavy atom. The predicted octanol–water partition coefficient (Wildman–Crippen LogP) is 3.55. The Bertz CT molecular complexity index is 1100. The second-order valence-electron chi connectivity index (χ2n) is 7.55. The summed E-state index contributed by atoms with van der Waals surface area (Å²) in [5.41, 5.74) is 0.623. The maximum absolute atomic E-state index is 13.0. The average Bonchev–Trinajstić information content (AvgIpc) is 2.80. The summed E-state index contributed by atoms with van der Waals surface area (Å²) in [5, 5.41) is 3.15. The summed E-state index contributed by atoms with van der Waals surface area (Å²) in [6.07, 6.45) is 0.862. The average molecular weight is 481 g/mol. The number of benzene rings is 2. The smallest absolute Gasteiger partial charge is 0.243 e. The van der Waals surface area contributed by atoms with Gasteiger partial charge in [0.05, 0.1) is 16.5 Å². The van der Waals surface area contributed by atoms with E-state index in [1.165, 1.54) is 16.4 Å². The molecule has 2 aromatic rings.